The monoisotopic (exact) mass is 496 g/mol. The van der Waals surface area contributed by atoms with E-state index in [0.717, 1.165) is 30.1 Å². The Bertz CT molecular complexity index is 1230. The lowest BCUT2D eigenvalue weighted by Gasteiger charge is -2.70. The summed E-state index contributed by atoms with van der Waals surface area (Å²) in [6.07, 6.45) is -7.95. The Hall–Kier alpha value is -2.64. The van der Waals surface area contributed by atoms with Crippen LogP contribution < -0.4 is 5.32 Å². The fourth-order valence-corrected chi connectivity index (χ4v) is 5.48. The van der Waals surface area contributed by atoms with E-state index in [2.05, 4.69) is 15.4 Å². The van der Waals surface area contributed by atoms with Crippen molar-refractivity contribution in [2.24, 2.45) is 10.8 Å². The molecule has 5 rings (SSSR count). The third kappa shape index (κ3) is 3.87. The second kappa shape index (κ2) is 6.93. The van der Waals surface area contributed by atoms with Crippen molar-refractivity contribution in [1.82, 2.24) is 14.8 Å². The fraction of sp³-hybridized carbons (Fsp3) is 0.526. The number of sulfone groups is 1. The van der Waals surface area contributed by atoms with Crippen LogP contribution in [0.2, 0.25) is 0 Å². The Morgan fingerprint density at radius 3 is 2.30 bits per heavy atom. The van der Waals surface area contributed by atoms with Gasteiger partial charge < -0.3 is 5.32 Å². The predicted molar refractivity (Wildman–Crippen MR) is 102 cm³/mol. The standard InChI is InChI=1S/C19H18F6N4O3S/c1-10-13(15(30)27-11-3-4-26-12(5-11)33(2,31)32)29(28-14(10)18(20,21)22)9-16-6-17(7-16,8-16)19(23,24)25/h3-5H,6-9H2,1-2H3,(H,26,27,30). The lowest BCUT2D eigenvalue weighted by atomic mass is 9.35. The summed E-state index contributed by atoms with van der Waals surface area (Å²) in [7, 11) is -3.71. The topological polar surface area (TPSA) is 93.9 Å². The molecule has 1 amide bonds. The average Bonchev–Trinajstić information content (AvgIpc) is 2.91. The third-order valence-electron chi connectivity index (χ3n) is 6.27. The molecular weight excluding hydrogens is 478 g/mol. The molecule has 0 radical (unpaired) electrons. The van der Waals surface area contributed by atoms with Crippen LogP contribution in [0.15, 0.2) is 23.4 Å². The second-order valence-electron chi connectivity index (χ2n) is 8.90. The van der Waals surface area contributed by atoms with Crippen molar-refractivity contribution in [1.29, 1.82) is 0 Å². The van der Waals surface area contributed by atoms with Gasteiger partial charge >= 0.3 is 12.4 Å². The molecule has 0 aromatic carbocycles. The molecule has 33 heavy (non-hydrogen) atoms. The molecule has 14 heteroatoms. The molecule has 2 heterocycles. The smallest absolute Gasteiger partial charge is 0.321 e. The van der Waals surface area contributed by atoms with Crippen molar-refractivity contribution in [2.45, 2.75) is 50.1 Å². The predicted octanol–water partition coefficient (Wildman–Crippen LogP) is 3.99. The Kier molecular flexibility index (Phi) is 4.94. The van der Waals surface area contributed by atoms with Gasteiger partial charge in [-0.2, -0.15) is 31.4 Å². The summed E-state index contributed by atoms with van der Waals surface area (Å²) in [6, 6.07) is 2.30. The third-order valence-corrected chi connectivity index (χ3v) is 7.26. The largest absolute Gasteiger partial charge is 0.435 e. The van der Waals surface area contributed by atoms with Gasteiger partial charge in [-0.3, -0.25) is 9.48 Å². The maximum absolute atomic E-state index is 13.4. The number of rotatable bonds is 5. The highest BCUT2D eigenvalue weighted by Gasteiger charge is 2.78. The summed E-state index contributed by atoms with van der Waals surface area (Å²) in [5.41, 5.74) is -4.94. The van der Waals surface area contributed by atoms with Gasteiger partial charge in [-0.1, -0.05) is 0 Å². The molecule has 3 saturated carbocycles. The van der Waals surface area contributed by atoms with Crippen LogP contribution in [0, 0.1) is 17.8 Å². The number of alkyl halides is 6. The molecule has 3 aliphatic rings. The van der Waals surface area contributed by atoms with Gasteiger partial charge in [-0.15, -0.1) is 0 Å². The Balaban J connectivity index is 1.64. The molecule has 2 bridgehead atoms. The Labute approximate surface area is 184 Å². The minimum atomic E-state index is -4.88. The summed E-state index contributed by atoms with van der Waals surface area (Å²) in [5, 5.41) is 5.50. The van der Waals surface area contributed by atoms with E-state index < -0.39 is 55.9 Å². The zero-order valence-corrected chi connectivity index (χ0v) is 18.1. The summed E-state index contributed by atoms with van der Waals surface area (Å²) < 4.78 is 104. The normalized spacial score (nSPS) is 24.7. The van der Waals surface area contributed by atoms with E-state index in [4.69, 9.17) is 0 Å². The highest BCUT2D eigenvalue weighted by molar-refractivity contribution is 7.90. The minimum Gasteiger partial charge on any atom is -0.321 e. The van der Waals surface area contributed by atoms with Crippen molar-refractivity contribution < 1.29 is 39.6 Å². The molecule has 2 aromatic rings. The number of aromatic nitrogens is 3. The lowest BCUT2D eigenvalue weighted by Crippen LogP contribution is -2.69. The van der Waals surface area contributed by atoms with Gasteiger partial charge in [0.1, 0.15) is 5.69 Å². The van der Waals surface area contributed by atoms with Crippen LogP contribution in [0.3, 0.4) is 0 Å². The maximum atomic E-state index is 13.4. The molecule has 3 aliphatic carbocycles. The van der Waals surface area contributed by atoms with Crippen LogP contribution >= 0.6 is 0 Å². The number of hydrogen-bond donors (Lipinski definition) is 1. The van der Waals surface area contributed by atoms with Gasteiger partial charge in [0.05, 0.1) is 5.41 Å². The van der Waals surface area contributed by atoms with Crippen molar-refractivity contribution in [3.63, 3.8) is 0 Å². The molecule has 0 spiro atoms. The molecule has 0 saturated heterocycles. The van der Waals surface area contributed by atoms with E-state index in [0.29, 0.717) is 0 Å². The van der Waals surface area contributed by atoms with Crippen LogP contribution in [0.5, 0.6) is 0 Å². The average molecular weight is 496 g/mol. The van der Waals surface area contributed by atoms with E-state index in [1.165, 1.54) is 6.07 Å². The van der Waals surface area contributed by atoms with E-state index in [9.17, 15) is 39.6 Å². The van der Waals surface area contributed by atoms with Gasteiger partial charge in [0.15, 0.2) is 20.6 Å². The van der Waals surface area contributed by atoms with Gasteiger partial charge in [0.25, 0.3) is 5.91 Å². The zero-order valence-electron chi connectivity index (χ0n) is 17.3. The number of carbonyl (C=O) groups is 1. The molecule has 0 unspecified atom stereocenters. The molecule has 1 N–H and O–H groups in total. The van der Waals surface area contributed by atoms with Crippen molar-refractivity contribution >= 4 is 21.4 Å². The number of halogens is 6. The number of pyridine rings is 1. The number of anilines is 1. The molecule has 2 aromatic heterocycles. The number of hydrogen-bond acceptors (Lipinski definition) is 5. The number of carbonyl (C=O) groups excluding carboxylic acids is 1. The zero-order chi connectivity index (χ0) is 24.6. The van der Waals surface area contributed by atoms with Crippen LogP contribution in [0.4, 0.5) is 32.0 Å². The van der Waals surface area contributed by atoms with Gasteiger partial charge in [0.2, 0.25) is 0 Å². The van der Waals surface area contributed by atoms with Crippen LogP contribution in [0.1, 0.15) is 41.0 Å². The molecule has 3 fully saturated rings. The van der Waals surface area contributed by atoms with Crippen LogP contribution in [-0.2, 0) is 22.6 Å². The lowest BCUT2D eigenvalue weighted by molar-refractivity contribution is -0.366. The number of nitrogens with zero attached hydrogens (tertiary/aromatic N) is 3. The molecule has 0 aliphatic heterocycles. The van der Waals surface area contributed by atoms with E-state index in [-0.39, 0.29) is 36.5 Å². The number of amides is 1. The van der Waals surface area contributed by atoms with E-state index in [1.54, 1.807) is 0 Å². The first-order valence-corrected chi connectivity index (χ1v) is 11.5. The quantitative estimate of drug-likeness (QED) is 0.632. The molecule has 180 valence electrons. The first-order chi connectivity index (χ1) is 15.0. The molecular formula is C19H18F6N4O3S. The Morgan fingerprint density at radius 2 is 1.79 bits per heavy atom. The van der Waals surface area contributed by atoms with Crippen LogP contribution in [-0.4, -0.2) is 41.5 Å². The first-order valence-electron chi connectivity index (χ1n) is 9.65. The second-order valence-corrected chi connectivity index (χ2v) is 10.9. The Morgan fingerprint density at radius 1 is 1.18 bits per heavy atom. The summed E-state index contributed by atoms with van der Waals surface area (Å²) in [4.78, 5) is 16.6. The summed E-state index contributed by atoms with van der Waals surface area (Å²) in [5.74, 6) is -1.00. The summed E-state index contributed by atoms with van der Waals surface area (Å²) in [6.45, 7) is 0.782. The highest BCUT2D eigenvalue weighted by Crippen LogP contribution is 2.78. The van der Waals surface area contributed by atoms with Crippen LogP contribution in [0.25, 0.3) is 0 Å². The van der Waals surface area contributed by atoms with E-state index >= 15 is 0 Å². The SMILES string of the molecule is Cc1c(C(F)(F)F)nn(CC23CC(C(F)(F)F)(C2)C3)c1C(=O)Nc1ccnc(S(C)(=O)=O)c1. The molecule has 7 nitrogen and oxygen atoms in total. The molecule has 0 atom stereocenters. The van der Waals surface area contributed by atoms with Gasteiger partial charge in [-0.05, 0) is 43.7 Å². The van der Waals surface area contributed by atoms with Crippen molar-refractivity contribution in [3.8, 4) is 0 Å². The highest BCUT2D eigenvalue weighted by atomic mass is 32.2. The first kappa shape index (κ1) is 23.5. The fourth-order valence-electron chi connectivity index (χ4n) is 4.89. The van der Waals surface area contributed by atoms with Gasteiger partial charge in [0, 0.05) is 30.2 Å². The summed E-state index contributed by atoms with van der Waals surface area (Å²) >= 11 is 0. The van der Waals surface area contributed by atoms with Gasteiger partial charge in [-0.25, -0.2) is 13.4 Å². The number of nitrogens with one attached hydrogen (secondary N) is 1. The minimum absolute atomic E-state index is 0.0299. The van der Waals surface area contributed by atoms with E-state index in [1.807, 2.05) is 0 Å². The maximum Gasteiger partial charge on any atom is 0.435 e. The van der Waals surface area contributed by atoms with Crippen molar-refractivity contribution in [3.05, 3.63) is 35.3 Å². The van der Waals surface area contributed by atoms with Crippen molar-refractivity contribution in [2.75, 3.05) is 11.6 Å².